The van der Waals surface area contributed by atoms with Crippen LogP contribution in [-0.4, -0.2) is 78.5 Å². The van der Waals surface area contributed by atoms with E-state index >= 15 is 0 Å². The van der Waals surface area contributed by atoms with Gasteiger partial charge in [-0.25, -0.2) is 18.6 Å². The first-order valence-electron chi connectivity index (χ1n) is 14.0. The van der Waals surface area contributed by atoms with Crippen molar-refractivity contribution in [1.29, 1.82) is 0 Å². The number of morpholine rings is 1. The Bertz CT molecular complexity index is 1620. The van der Waals surface area contributed by atoms with Crippen molar-refractivity contribution in [3.63, 3.8) is 0 Å². The summed E-state index contributed by atoms with van der Waals surface area (Å²) in [6, 6.07) is 7.65. The fourth-order valence-electron chi connectivity index (χ4n) is 4.48. The van der Waals surface area contributed by atoms with Crippen LogP contribution in [0, 0.1) is 11.6 Å². The number of aromatic nitrogens is 3. The van der Waals surface area contributed by atoms with Gasteiger partial charge in [0.15, 0.2) is 5.13 Å². The van der Waals surface area contributed by atoms with Gasteiger partial charge in [-0.3, -0.25) is 15.0 Å². The van der Waals surface area contributed by atoms with E-state index < -0.39 is 23.6 Å². The lowest BCUT2D eigenvalue weighted by atomic mass is 10.1. The number of aryl methyl sites for hydroxylation is 1. The van der Waals surface area contributed by atoms with Gasteiger partial charge in [-0.15, -0.1) is 0 Å². The predicted molar refractivity (Wildman–Crippen MR) is 160 cm³/mol. The van der Waals surface area contributed by atoms with Crippen LogP contribution in [0.5, 0.6) is 5.75 Å². The summed E-state index contributed by atoms with van der Waals surface area (Å²) in [7, 11) is 1.46. The number of ether oxygens (including phenoxy) is 2. The summed E-state index contributed by atoms with van der Waals surface area (Å²) in [5, 5.41) is 12.2. The van der Waals surface area contributed by atoms with Crippen LogP contribution >= 0.6 is 11.3 Å². The van der Waals surface area contributed by atoms with E-state index in [4.69, 9.17) is 14.0 Å². The molecule has 1 saturated heterocycles. The van der Waals surface area contributed by atoms with Crippen LogP contribution in [0.25, 0.3) is 22.2 Å². The highest BCUT2D eigenvalue weighted by Crippen LogP contribution is 2.35. The molecule has 0 aliphatic carbocycles. The number of amides is 3. The second-order valence-electron chi connectivity index (χ2n) is 9.76. The van der Waals surface area contributed by atoms with Crippen LogP contribution in [0.4, 0.5) is 24.4 Å². The molecule has 0 saturated carbocycles. The first-order valence-corrected chi connectivity index (χ1v) is 14.8. The SMILES string of the molecule is CCc1nc(NC(=O)NCCCN2CCOCC2)sc1-c1nc(-c2cc(NC(=O)c3cccc(OC)c3)c(F)cc2F)no1. The minimum Gasteiger partial charge on any atom is -0.497 e. The molecule has 3 amide bonds. The molecule has 0 unspecified atom stereocenters. The minimum atomic E-state index is -0.975. The molecule has 0 spiro atoms. The number of hydrogen-bond acceptors (Lipinski definition) is 10. The van der Waals surface area contributed by atoms with Gasteiger partial charge in [-0.2, -0.15) is 4.98 Å². The van der Waals surface area contributed by atoms with Gasteiger partial charge in [0.05, 0.1) is 37.3 Å². The maximum Gasteiger partial charge on any atom is 0.321 e. The fourth-order valence-corrected chi connectivity index (χ4v) is 5.45. The smallest absolute Gasteiger partial charge is 0.321 e. The van der Waals surface area contributed by atoms with Gasteiger partial charge in [0.2, 0.25) is 5.82 Å². The summed E-state index contributed by atoms with van der Waals surface area (Å²) in [4.78, 5) is 36.7. The number of hydrogen-bond donors (Lipinski definition) is 3. The zero-order valence-electron chi connectivity index (χ0n) is 24.1. The number of halogens is 2. The second kappa shape index (κ2) is 14.3. The van der Waals surface area contributed by atoms with Crippen molar-refractivity contribution in [3.05, 3.63) is 59.3 Å². The molecule has 15 heteroatoms. The summed E-state index contributed by atoms with van der Waals surface area (Å²) < 4.78 is 45.4. The highest BCUT2D eigenvalue weighted by molar-refractivity contribution is 7.19. The quantitative estimate of drug-likeness (QED) is 0.200. The van der Waals surface area contributed by atoms with Crippen molar-refractivity contribution in [3.8, 4) is 27.9 Å². The number of carbonyl (C=O) groups is 2. The van der Waals surface area contributed by atoms with Crippen LogP contribution in [0.1, 0.15) is 29.4 Å². The van der Waals surface area contributed by atoms with Crippen LogP contribution in [0.15, 0.2) is 40.9 Å². The highest BCUT2D eigenvalue weighted by Gasteiger charge is 2.23. The molecule has 5 rings (SSSR count). The van der Waals surface area contributed by atoms with Crippen LogP contribution < -0.4 is 20.7 Å². The van der Waals surface area contributed by atoms with E-state index in [2.05, 4.69) is 36.0 Å². The van der Waals surface area contributed by atoms with E-state index in [-0.39, 0.29) is 28.5 Å². The molecule has 0 atom stereocenters. The Balaban J connectivity index is 1.26. The third-order valence-corrected chi connectivity index (χ3v) is 7.79. The Morgan fingerprint density at radius 2 is 1.91 bits per heavy atom. The Morgan fingerprint density at radius 1 is 1.09 bits per heavy atom. The van der Waals surface area contributed by atoms with E-state index in [1.807, 2.05) is 6.92 Å². The molecule has 1 aliphatic rings. The van der Waals surface area contributed by atoms with Gasteiger partial charge < -0.3 is 24.6 Å². The molecule has 2 aromatic carbocycles. The van der Waals surface area contributed by atoms with Gasteiger partial charge >= 0.3 is 6.03 Å². The van der Waals surface area contributed by atoms with Crippen molar-refractivity contribution in [2.24, 2.45) is 0 Å². The molecular formula is C29H31F2N7O5S. The van der Waals surface area contributed by atoms with E-state index in [1.165, 1.54) is 19.2 Å². The summed E-state index contributed by atoms with van der Waals surface area (Å²) >= 11 is 1.13. The van der Waals surface area contributed by atoms with Gasteiger partial charge in [0, 0.05) is 31.3 Å². The number of urea groups is 1. The number of carbonyl (C=O) groups excluding carboxylic acids is 2. The van der Waals surface area contributed by atoms with E-state index in [1.54, 1.807) is 12.1 Å². The number of methoxy groups -OCH3 is 1. The van der Waals surface area contributed by atoms with Crippen molar-refractivity contribution in [2.45, 2.75) is 19.8 Å². The van der Waals surface area contributed by atoms with Crippen molar-refractivity contribution in [1.82, 2.24) is 25.3 Å². The first kappa shape index (κ1) is 31.0. The Labute approximate surface area is 255 Å². The average molecular weight is 628 g/mol. The van der Waals surface area contributed by atoms with E-state index in [9.17, 15) is 18.4 Å². The second-order valence-corrected chi connectivity index (χ2v) is 10.8. The lowest BCUT2D eigenvalue weighted by Crippen LogP contribution is -2.38. The van der Waals surface area contributed by atoms with Crippen LogP contribution in [0.2, 0.25) is 0 Å². The molecule has 232 valence electrons. The zero-order chi connectivity index (χ0) is 31.1. The standard InChI is InChI=1S/C29H31F2N7O5S/c1-3-22-24(44-29(34-22)36-28(40)32-8-5-9-38-10-12-42-13-11-38)27-35-25(37-43-27)19-15-23(21(31)16-20(19)30)33-26(39)17-6-4-7-18(14-17)41-2/h4,6-7,14-16H,3,5,8-13H2,1-2H3,(H,33,39)(H2,32,34,36,40). The average Bonchev–Trinajstić information content (AvgIpc) is 3.68. The van der Waals surface area contributed by atoms with Crippen LogP contribution in [0.3, 0.4) is 0 Å². The maximum absolute atomic E-state index is 14.8. The third kappa shape index (κ3) is 7.53. The van der Waals surface area contributed by atoms with Gasteiger partial charge in [-0.1, -0.05) is 29.5 Å². The molecule has 4 aromatic rings. The lowest BCUT2D eigenvalue weighted by molar-refractivity contribution is 0.0375. The summed E-state index contributed by atoms with van der Waals surface area (Å²) in [5.41, 5.74) is 0.369. The van der Waals surface area contributed by atoms with Gasteiger partial charge in [0.1, 0.15) is 22.3 Å². The zero-order valence-corrected chi connectivity index (χ0v) is 24.9. The van der Waals surface area contributed by atoms with Gasteiger partial charge in [-0.05, 0) is 43.7 Å². The summed E-state index contributed by atoms with van der Waals surface area (Å²) in [5.74, 6) is -2.19. The van der Waals surface area contributed by atoms with E-state index in [0.717, 1.165) is 56.7 Å². The number of anilines is 2. The largest absolute Gasteiger partial charge is 0.497 e. The number of thiazole rings is 1. The molecule has 3 N–H and O–H groups in total. The summed E-state index contributed by atoms with van der Waals surface area (Å²) in [6.45, 7) is 6.48. The number of rotatable bonds is 11. The van der Waals surface area contributed by atoms with Crippen molar-refractivity contribution >= 4 is 34.1 Å². The number of benzene rings is 2. The Kier molecular flexibility index (Phi) is 10.1. The molecule has 12 nitrogen and oxygen atoms in total. The van der Waals surface area contributed by atoms with Crippen molar-refractivity contribution in [2.75, 3.05) is 57.1 Å². The number of nitrogens with zero attached hydrogens (tertiary/aromatic N) is 4. The predicted octanol–water partition coefficient (Wildman–Crippen LogP) is 4.81. The van der Waals surface area contributed by atoms with Crippen molar-refractivity contribution < 1.29 is 32.4 Å². The molecule has 1 fully saturated rings. The monoisotopic (exact) mass is 627 g/mol. The molecule has 0 radical (unpaired) electrons. The third-order valence-electron chi connectivity index (χ3n) is 6.79. The first-order chi connectivity index (χ1) is 21.3. The molecule has 3 heterocycles. The molecule has 2 aromatic heterocycles. The van der Waals surface area contributed by atoms with Crippen LogP contribution in [-0.2, 0) is 11.2 Å². The fraction of sp³-hybridized carbons (Fsp3) is 0.345. The van der Waals surface area contributed by atoms with Gasteiger partial charge in [0.25, 0.3) is 11.8 Å². The topological polar surface area (TPSA) is 144 Å². The Hall–Kier alpha value is -4.47. The normalized spacial score (nSPS) is 13.5. The molecular weight excluding hydrogens is 596 g/mol. The molecule has 0 bridgehead atoms. The minimum absolute atomic E-state index is 0.0546. The Morgan fingerprint density at radius 3 is 2.68 bits per heavy atom. The number of nitrogens with one attached hydrogen (secondary N) is 3. The van der Waals surface area contributed by atoms with E-state index in [0.29, 0.717) is 40.5 Å². The maximum atomic E-state index is 14.8. The highest BCUT2D eigenvalue weighted by atomic mass is 32.1. The summed E-state index contributed by atoms with van der Waals surface area (Å²) in [6.07, 6.45) is 1.30. The molecule has 1 aliphatic heterocycles. The lowest BCUT2D eigenvalue weighted by Gasteiger charge is -2.26. The molecule has 44 heavy (non-hydrogen) atoms.